The Balaban J connectivity index is 1.85. The molecule has 120 valence electrons. The number of nitrogens with one attached hydrogen (secondary N) is 1. The van der Waals surface area contributed by atoms with Gasteiger partial charge in [-0.15, -0.1) is 0 Å². The van der Waals surface area contributed by atoms with Crippen molar-refractivity contribution >= 4 is 23.2 Å². The quantitative estimate of drug-likeness (QED) is 0.645. The molecule has 1 amide bonds. The predicted molar refractivity (Wildman–Crippen MR) is 86.3 cm³/mol. The minimum absolute atomic E-state index is 0.222. The summed E-state index contributed by atoms with van der Waals surface area (Å²) in [6.07, 6.45) is 0. The van der Waals surface area contributed by atoms with Gasteiger partial charge in [0.05, 0.1) is 19.8 Å². The molecule has 0 radical (unpaired) electrons. The molecule has 1 fully saturated rings. The van der Waals surface area contributed by atoms with Gasteiger partial charge in [-0.25, -0.2) is 0 Å². The Bertz CT molecular complexity index is 501. The summed E-state index contributed by atoms with van der Waals surface area (Å²) in [6, 6.07) is 6.92. The molecule has 1 heterocycles. The summed E-state index contributed by atoms with van der Waals surface area (Å²) in [6.45, 7) is 3.66. The van der Waals surface area contributed by atoms with E-state index in [0.717, 1.165) is 0 Å². The fraction of sp³-hybridized carbons (Fsp3) is 0.467. The lowest BCUT2D eigenvalue weighted by Gasteiger charge is -2.28. The second-order valence-corrected chi connectivity index (χ2v) is 5.11. The predicted octanol–water partition coefficient (Wildman–Crippen LogP) is 1.06. The van der Waals surface area contributed by atoms with Crippen molar-refractivity contribution in [2.24, 2.45) is 0 Å². The van der Waals surface area contributed by atoms with E-state index < -0.39 is 0 Å². The number of hydrogen-bond donors (Lipinski definition) is 1. The number of nitrogens with zero attached hydrogens (tertiary/aromatic N) is 1. The summed E-state index contributed by atoms with van der Waals surface area (Å²) in [4.78, 5) is 14.1. The molecule has 0 aromatic heterocycles. The first-order valence-corrected chi connectivity index (χ1v) is 7.51. The number of morpholine rings is 1. The molecular weight excluding hydrogens is 304 g/mol. The topological polar surface area (TPSA) is 60.0 Å². The van der Waals surface area contributed by atoms with Gasteiger partial charge in [0.15, 0.2) is 5.11 Å². The van der Waals surface area contributed by atoms with Gasteiger partial charge >= 0.3 is 0 Å². The molecule has 0 atom stereocenters. The molecule has 0 bridgehead atoms. The van der Waals surface area contributed by atoms with Crippen LogP contribution in [0.1, 0.15) is 10.4 Å². The Labute approximate surface area is 135 Å². The van der Waals surface area contributed by atoms with Crippen LogP contribution in [0.3, 0.4) is 0 Å². The molecule has 1 aromatic carbocycles. The van der Waals surface area contributed by atoms with Crippen LogP contribution in [0, 0.1) is 0 Å². The van der Waals surface area contributed by atoms with Crippen LogP contribution < -0.4 is 10.1 Å². The molecule has 2 rings (SSSR count). The fourth-order valence-corrected chi connectivity index (χ4v) is 2.24. The second-order valence-electron chi connectivity index (χ2n) is 4.72. The fourth-order valence-electron chi connectivity index (χ4n) is 1.96. The number of rotatable bonds is 5. The second kappa shape index (κ2) is 8.67. The van der Waals surface area contributed by atoms with E-state index in [1.807, 2.05) is 4.90 Å². The molecule has 1 N–H and O–H groups in total. The van der Waals surface area contributed by atoms with Crippen LogP contribution in [0.4, 0.5) is 0 Å². The number of thiocarbonyl (C=S) groups is 1. The minimum Gasteiger partial charge on any atom is -0.491 e. The van der Waals surface area contributed by atoms with Gasteiger partial charge in [0.25, 0.3) is 5.91 Å². The van der Waals surface area contributed by atoms with E-state index in [0.29, 0.717) is 55.9 Å². The first-order valence-electron chi connectivity index (χ1n) is 7.10. The van der Waals surface area contributed by atoms with Gasteiger partial charge in [-0.1, -0.05) is 0 Å². The van der Waals surface area contributed by atoms with Gasteiger partial charge in [-0.2, -0.15) is 0 Å². The lowest BCUT2D eigenvalue weighted by Crippen LogP contribution is -2.47. The van der Waals surface area contributed by atoms with Crippen LogP contribution in [-0.4, -0.2) is 62.5 Å². The summed E-state index contributed by atoms with van der Waals surface area (Å²) in [5.41, 5.74) is 0.537. The Hall–Kier alpha value is -1.70. The third-order valence-corrected chi connectivity index (χ3v) is 3.55. The van der Waals surface area contributed by atoms with E-state index in [-0.39, 0.29) is 5.91 Å². The van der Waals surface area contributed by atoms with Crippen molar-refractivity contribution in [2.45, 2.75) is 0 Å². The Morgan fingerprint density at radius 1 is 1.27 bits per heavy atom. The summed E-state index contributed by atoms with van der Waals surface area (Å²) >= 11 is 5.25. The zero-order valence-electron chi connectivity index (χ0n) is 12.5. The van der Waals surface area contributed by atoms with Crippen molar-refractivity contribution in [1.29, 1.82) is 0 Å². The average molecular weight is 324 g/mol. The minimum atomic E-state index is -0.222. The summed E-state index contributed by atoms with van der Waals surface area (Å²) < 4.78 is 15.6. The maximum Gasteiger partial charge on any atom is 0.257 e. The van der Waals surface area contributed by atoms with Crippen molar-refractivity contribution < 1.29 is 19.0 Å². The summed E-state index contributed by atoms with van der Waals surface area (Å²) in [5, 5.41) is 3.18. The Kier molecular flexibility index (Phi) is 6.57. The highest BCUT2D eigenvalue weighted by Gasteiger charge is 2.16. The lowest BCUT2D eigenvalue weighted by molar-refractivity contribution is 0.0669. The number of benzene rings is 1. The van der Waals surface area contributed by atoms with E-state index in [1.54, 1.807) is 31.4 Å². The number of carbonyl (C=O) groups excluding carboxylic acids is 1. The van der Waals surface area contributed by atoms with Gasteiger partial charge in [0.1, 0.15) is 12.4 Å². The van der Waals surface area contributed by atoms with Crippen LogP contribution >= 0.6 is 12.2 Å². The molecule has 1 aliphatic heterocycles. The SMILES string of the molecule is COCCOc1ccc(C(=O)NC(=S)N2CCOCC2)cc1. The molecule has 7 heteroatoms. The first kappa shape index (κ1) is 16.7. The van der Waals surface area contributed by atoms with Gasteiger partial charge in [-0.05, 0) is 36.5 Å². The molecule has 6 nitrogen and oxygen atoms in total. The lowest BCUT2D eigenvalue weighted by atomic mass is 10.2. The van der Waals surface area contributed by atoms with Crippen LogP contribution in [0.2, 0.25) is 0 Å². The van der Waals surface area contributed by atoms with Crippen molar-refractivity contribution in [1.82, 2.24) is 10.2 Å². The molecule has 1 aliphatic rings. The standard InChI is InChI=1S/C15H20N2O4S/c1-19-10-11-21-13-4-2-12(3-5-13)14(18)16-15(22)17-6-8-20-9-7-17/h2-5H,6-11H2,1H3,(H,16,18,22). The van der Waals surface area contributed by atoms with Gasteiger partial charge in [0, 0.05) is 25.8 Å². The van der Waals surface area contributed by atoms with Gasteiger partial charge < -0.3 is 19.1 Å². The first-order chi connectivity index (χ1) is 10.7. The maximum absolute atomic E-state index is 12.2. The number of carbonyl (C=O) groups is 1. The molecule has 1 aromatic rings. The highest BCUT2D eigenvalue weighted by atomic mass is 32.1. The zero-order chi connectivity index (χ0) is 15.8. The highest BCUT2D eigenvalue weighted by molar-refractivity contribution is 7.80. The maximum atomic E-state index is 12.2. The smallest absolute Gasteiger partial charge is 0.257 e. The number of hydrogen-bond acceptors (Lipinski definition) is 5. The zero-order valence-corrected chi connectivity index (χ0v) is 13.4. The molecular formula is C15H20N2O4S. The monoisotopic (exact) mass is 324 g/mol. The van der Waals surface area contributed by atoms with Crippen LogP contribution in [-0.2, 0) is 9.47 Å². The van der Waals surface area contributed by atoms with Crippen molar-refractivity contribution in [2.75, 3.05) is 46.6 Å². The van der Waals surface area contributed by atoms with Crippen LogP contribution in [0.15, 0.2) is 24.3 Å². The molecule has 0 saturated carbocycles. The van der Waals surface area contributed by atoms with E-state index in [1.165, 1.54) is 0 Å². The molecule has 0 aliphatic carbocycles. The van der Waals surface area contributed by atoms with E-state index in [2.05, 4.69) is 5.32 Å². The van der Waals surface area contributed by atoms with E-state index in [9.17, 15) is 4.79 Å². The number of ether oxygens (including phenoxy) is 3. The number of amides is 1. The van der Waals surface area contributed by atoms with Crippen LogP contribution in [0.5, 0.6) is 5.75 Å². The third-order valence-electron chi connectivity index (χ3n) is 3.19. The normalized spacial score (nSPS) is 14.5. The number of methoxy groups -OCH3 is 1. The van der Waals surface area contributed by atoms with Gasteiger partial charge in [0.2, 0.25) is 0 Å². The molecule has 22 heavy (non-hydrogen) atoms. The Morgan fingerprint density at radius 3 is 2.59 bits per heavy atom. The van der Waals surface area contributed by atoms with E-state index >= 15 is 0 Å². The highest BCUT2D eigenvalue weighted by Crippen LogP contribution is 2.12. The third kappa shape index (κ3) is 4.94. The largest absolute Gasteiger partial charge is 0.491 e. The summed E-state index contributed by atoms with van der Waals surface area (Å²) in [5.74, 6) is 0.476. The van der Waals surface area contributed by atoms with Crippen molar-refractivity contribution in [3.05, 3.63) is 29.8 Å². The Morgan fingerprint density at radius 2 is 1.95 bits per heavy atom. The molecule has 0 unspecified atom stereocenters. The summed E-state index contributed by atoms with van der Waals surface area (Å²) in [7, 11) is 1.62. The average Bonchev–Trinajstić information content (AvgIpc) is 2.56. The molecule has 1 saturated heterocycles. The van der Waals surface area contributed by atoms with Crippen LogP contribution in [0.25, 0.3) is 0 Å². The van der Waals surface area contributed by atoms with Crippen molar-refractivity contribution in [3.8, 4) is 5.75 Å². The molecule has 0 spiro atoms. The van der Waals surface area contributed by atoms with Gasteiger partial charge in [-0.3, -0.25) is 10.1 Å². The van der Waals surface area contributed by atoms with E-state index in [4.69, 9.17) is 26.4 Å². The van der Waals surface area contributed by atoms with Crippen molar-refractivity contribution in [3.63, 3.8) is 0 Å².